The first kappa shape index (κ1) is 34.3. The lowest BCUT2D eigenvalue weighted by molar-refractivity contribution is -0.140. The Morgan fingerprint density at radius 1 is 0.872 bits per heavy atom. The Morgan fingerprint density at radius 2 is 1.51 bits per heavy atom. The zero-order valence-corrected chi connectivity index (χ0v) is 28.3. The number of rotatable bonds is 13. The third-order valence-electron chi connectivity index (χ3n) is 8.27. The third-order valence-corrected chi connectivity index (χ3v) is 10.6. The second-order valence-electron chi connectivity index (χ2n) is 11.5. The van der Waals surface area contributed by atoms with E-state index < -0.39 is 28.5 Å². The highest BCUT2D eigenvalue weighted by Crippen LogP contribution is 2.32. The number of hydrogen-bond donors (Lipinski definition) is 1. The molecule has 246 valence electrons. The molecule has 8 nitrogen and oxygen atoms in total. The minimum Gasteiger partial charge on any atom is -0.495 e. The van der Waals surface area contributed by atoms with Crippen LogP contribution in [0.25, 0.3) is 0 Å². The van der Waals surface area contributed by atoms with Crippen molar-refractivity contribution in [2.24, 2.45) is 0 Å². The van der Waals surface area contributed by atoms with Crippen molar-refractivity contribution in [2.75, 3.05) is 18.0 Å². The van der Waals surface area contributed by atoms with E-state index in [9.17, 15) is 18.0 Å². The molecule has 1 fully saturated rings. The number of carbonyl (C=O) groups excluding carboxylic acids is 2. The molecule has 5 rings (SSSR count). The van der Waals surface area contributed by atoms with Crippen molar-refractivity contribution in [1.82, 2.24) is 10.2 Å². The van der Waals surface area contributed by atoms with Crippen LogP contribution in [-0.2, 0) is 32.6 Å². The highest BCUT2D eigenvalue weighted by Gasteiger charge is 2.35. The van der Waals surface area contributed by atoms with E-state index in [0.717, 1.165) is 41.1 Å². The van der Waals surface area contributed by atoms with E-state index in [4.69, 9.17) is 27.9 Å². The van der Waals surface area contributed by atoms with Gasteiger partial charge in [-0.1, -0.05) is 96.7 Å². The van der Waals surface area contributed by atoms with Crippen LogP contribution in [0, 0.1) is 0 Å². The monoisotopic (exact) mass is 693 g/mol. The van der Waals surface area contributed by atoms with Gasteiger partial charge in [0.05, 0.1) is 22.7 Å². The van der Waals surface area contributed by atoms with E-state index in [1.807, 2.05) is 30.3 Å². The zero-order valence-electron chi connectivity index (χ0n) is 26.0. The van der Waals surface area contributed by atoms with Gasteiger partial charge in [0.25, 0.3) is 10.0 Å². The first-order valence-corrected chi connectivity index (χ1v) is 17.6. The smallest absolute Gasteiger partial charge is 0.264 e. The molecule has 0 spiro atoms. The molecule has 1 N–H and O–H groups in total. The second-order valence-corrected chi connectivity index (χ2v) is 14.2. The average molecular weight is 695 g/mol. The van der Waals surface area contributed by atoms with Crippen LogP contribution in [-0.4, -0.2) is 50.9 Å². The first-order valence-electron chi connectivity index (χ1n) is 15.5. The summed E-state index contributed by atoms with van der Waals surface area (Å²) in [6.45, 7) is -0.538. The molecule has 1 saturated carbocycles. The molecule has 0 aromatic heterocycles. The molecule has 1 unspecified atom stereocenters. The van der Waals surface area contributed by atoms with Crippen molar-refractivity contribution >= 4 is 50.7 Å². The van der Waals surface area contributed by atoms with E-state index in [-0.39, 0.29) is 40.5 Å². The van der Waals surface area contributed by atoms with Gasteiger partial charge in [0.2, 0.25) is 11.8 Å². The standard InChI is InChI=1S/C36H37Cl2N3O5S/c1-46-34-21-20-30(23-32(34)38)41(47(44,45)31-14-6-3-7-15-31)25-35(42)40(24-27-16-18-28(37)19-17-27)33(22-26-10-4-2-5-11-26)36(43)39-29-12-8-9-13-29/h2-7,10-11,14-21,23,29,33H,8-9,12-13,22,24-25H2,1H3,(H,39,43). The molecule has 0 heterocycles. The van der Waals surface area contributed by atoms with Crippen LogP contribution < -0.4 is 14.4 Å². The predicted octanol–water partition coefficient (Wildman–Crippen LogP) is 6.90. The SMILES string of the molecule is COc1ccc(N(CC(=O)N(Cc2ccc(Cl)cc2)C(Cc2ccccc2)C(=O)NC2CCCC2)S(=O)(=O)c2ccccc2)cc1Cl. The maximum absolute atomic E-state index is 14.6. The summed E-state index contributed by atoms with van der Waals surface area (Å²) in [5.41, 5.74) is 1.78. The van der Waals surface area contributed by atoms with Crippen LogP contribution in [0.1, 0.15) is 36.8 Å². The summed E-state index contributed by atoms with van der Waals surface area (Å²) >= 11 is 12.6. The van der Waals surface area contributed by atoms with Crippen LogP contribution in [0.2, 0.25) is 10.0 Å². The Hall–Kier alpha value is -4.05. The summed E-state index contributed by atoms with van der Waals surface area (Å²) in [5, 5.41) is 3.89. The van der Waals surface area contributed by atoms with Crippen molar-refractivity contribution in [3.05, 3.63) is 124 Å². The summed E-state index contributed by atoms with van der Waals surface area (Å²) < 4.78 is 34.6. The highest BCUT2D eigenvalue weighted by molar-refractivity contribution is 7.92. The predicted molar refractivity (Wildman–Crippen MR) is 185 cm³/mol. The largest absolute Gasteiger partial charge is 0.495 e. The molecule has 0 saturated heterocycles. The molecule has 2 amide bonds. The van der Waals surface area contributed by atoms with Crippen LogP contribution in [0.5, 0.6) is 5.75 Å². The third kappa shape index (κ3) is 8.66. The number of methoxy groups -OCH3 is 1. The zero-order chi connectivity index (χ0) is 33.4. The molecule has 0 radical (unpaired) electrons. The van der Waals surface area contributed by atoms with Crippen molar-refractivity contribution in [1.29, 1.82) is 0 Å². The van der Waals surface area contributed by atoms with Crippen molar-refractivity contribution in [3.8, 4) is 5.75 Å². The van der Waals surface area contributed by atoms with E-state index in [1.54, 1.807) is 48.5 Å². The Labute approximate surface area is 286 Å². The van der Waals surface area contributed by atoms with Crippen LogP contribution in [0.4, 0.5) is 5.69 Å². The minimum atomic E-state index is -4.25. The fourth-order valence-corrected chi connectivity index (χ4v) is 7.57. The van der Waals surface area contributed by atoms with E-state index >= 15 is 0 Å². The molecule has 47 heavy (non-hydrogen) atoms. The molecule has 4 aromatic rings. The number of benzene rings is 4. The van der Waals surface area contributed by atoms with Crippen LogP contribution >= 0.6 is 23.2 Å². The number of sulfonamides is 1. The Morgan fingerprint density at radius 3 is 2.13 bits per heavy atom. The lowest BCUT2D eigenvalue weighted by atomic mass is 10.0. The van der Waals surface area contributed by atoms with E-state index in [1.165, 1.54) is 36.3 Å². The van der Waals surface area contributed by atoms with Gasteiger partial charge in [-0.15, -0.1) is 0 Å². The van der Waals surface area contributed by atoms with Gasteiger partial charge in [-0.05, 0) is 66.4 Å². The molecular weight excluding hydrogens is 657 g/mol. The number of nitrogens with zero attached hydrogens (tertiary/aromatic N) is 2. The Bertz CT molecular complexity index is 1770. The first-order chi connectivity index (χ1) is 22.7. The topological polar surface area (TPSA) is 96.0 Å². The Kier molecular flexibility index (Phi) is 11.4. The van der Waals surface area contributed by atoms with E-state index in [0.29, 0.717) is 10.8 Å². The van der Waals surface area contributed by atoms with Crippen molar-refractivity contribution in [2.45, 2.75) is 55.6 Å². The molecule has 0 bridgehead atoms. The summed E-state index contributed by atoms with van der Waals surface area (Å²) in [4.78, 5) is 30.2. The maximum atomic E-state index is 14.6. The van der Waals surface area contributed by atoms with Crippen molar-refractivity contribution < 1.29 is 22.7 Å². The minimum absolute atomic E-state index is 0.00352. The lowest BCUT2D eigenvalue weighted by Crippen LogP contribution is -2.54. The molecule has 4 aromatic carbocycles. The molecule has 1 aliphatic carbocycles. The Balaban J connectivity index is 1.57. The van der Waals surface area contributed by atoms with Gasteiger partial charge in [-0.25, -0.2) is 8.42 Å². The average Bonchev–Trinajstić information content (AvgIpc) is 3.59. The number of nitrogens with one attached hydrogen (secondary N) is 1. The van der Waals surface area contributed by atoms with Gasteiger partial charge >= 0.3 is 0 Å². The quantitative estimate of drug-likeness (QED) is 0.164. The molecule has 0 aliphatic heterocycles. The van der Waals surface area contributed by atoms with Crippen LogP contribution in [0.3, 0.4) is 0 Å². The summed E-state index contributed by atoms with van der Waals surface area (Å²) in [5.74, 6) is -0.489. The number of carbonyl (C=O) groups is 2. The van der Waals surface area contributed by atoms with Gasteiger partial charge < -0.3 is 15.0 Å². The summed E-state index contributed by atoms with van der Waals surface area (Å²) in [6, 6.07) is 28.0. The molecule has 1 aliphatic rings. The highest BCUT2D eigenvalue weighted by atomic mass is 35.5. The van der Waals surface area contributed by atoms with Gasteiger partial charge in [-0.2, -0.15) is 0 Å². The molecule has 1 atom stereocenters. The maximum Gasteiger partial charge on any atom is 0.264 e. The number of hydrogen-bond acceptors (Lipinski definition) is 5. The van der Waals surface area contributed by atoms with Gasteiger partial charge in [0.15, 0.2) is 0 Å². The summed E-state index contributed by atoms with van der Waals surface area (Å²) in [7, 11) is -2.79. The fraction of sp³-hybridized carbons (Fsp3) is 0.278. The van der Waals surface area contributed by atoms with Crippen LogP contribution in [0.15, 0.2) is 108 Å². The number of anilines is 1. The van der Waals surface area contributed by atoms with Gasteiger partial charge in [0.1, 0.15) is 18.3 Å². The molecule has 11 heteroatoms. The van der Waals surface area contributed by atoms with E-state index in [2.05, 4.69) is 5.32 Å². The van der Waals surface area contributed by atoms with Crippen molar-refractivity contribution in [3.63, 3.8) is 0 Å². The van der Waals surface area contributed by atoms with Gasteiger partial charge in [0, 0.05) is 24.0 Å². The number of ether oxygens (including phenoxy) is 1. The fourth-order valence-electron chi connectivity index (χ4n) is 5.77. The normalized spacial score (nSPS) is 13.9. The number of amides is 2. The number of halogens is 2. The molecular formula is C36H37Cl2N3O5S. The second kappa shape index (κ2) is 15.7. The van der Waals surface area contributed by atoms with Gasteiger partial charge in [-0.3, -0.25) is 13.9 Å². The lowest BCUT2D eigenvalue weighted by Gasteiger charge is -2.34. The summed E-state index contributed by atoms with van der Waals surface area (Å²) in [6.07, 6.45) is 4.03.